The van der Waals surface area contributed by atoms with Crippen LogP contribution in [0.25, 0.3) is 44.6 Å². The van der Waals surface area contributed by atoms with Crippen LogP contribution in [0, 0.1) is 0 Å². The molecule has 9 heteroatoms. The number of nitrogens with zero attached hydrogens (tertiary/aromatic N) is 4. The molecule has 174 valence electrons. The molecule has 0 amide bonds. The zero-order valence-electron chi connectivity index (χ0n) is 18.9. The summed E-state index contributed by atoms with van der Waals surface area (Å²) >= 11 is 0. The standard InChI is InChI=1S/C25H22F3N5O/c1-4-5-20-22-23(33(2)32-20)21(18-13-29-19-11-10-16(34-3)12-17(18)19)30-24(31-22)14-6-8-15(9-7-14)25(26,27)28/h6-13,29H,4-5H2,1-3H3. The molecule has 0 radical (unpaired) electrons. The van der Waals surface area contributed by atoms with Gasteiger partial charge in [-0.3, -0.25) is 4.68 Å². The van der Waals surface area contributed by atoms with Crippen LogP contribution in [-0.2, 0) is 19.6 Å². The maximum absolute atomic E-state index is 13.1. The number of aromatic amines is 1. The van der Waals surface area contributed by atoms with Crippen molar-refractivity contribution < 1.29 is 17.9 Å². The molecule has 3 aromatic heterocycles. The third kappa shape index (κ3) is 3.67. The fraction of sp³-hybridized carbons (Fsp3) is 0.240. The van der Waals surface area contributed by atoms with Crippen molar-refractivity contribution in [2.45, 2.75) is 25.9 Å². The lowest BCUT2D eigenvalue weighted by Gasteiger charge is -2.10. The van der Waals surface area contributed by atoms with E-state index in [1.807, 2.05) is 31.4 Å². The van der Waals surface area contributed by atoms with Crippen LogP contribution in [-0.4, -0.2) is 31.8 Å². The first-order chi connectivity index (χ1) is 16.3. The highest BCUT2D eigenvalue weighted by Gasteiger charge is 2.30. The van der Waals surface area contributed by atoms with Gasteiger partial charge in [0.25, 0.3) is 0 Å². The van der Waals surface area contributed by atoms with Crippen LogP contribution in [0.4, 0.5) is 13.2 Å². The third-order valence-electron chi connectivity index (χ3n) is 5.85. The number of rotatable bonds is 5. The fourth-order valence-corrected chi connectivity index (χ4v) is 4.19. The molecule has 0 saturated carbocycles. The molecule has 0 spiro atoms. The van der Waals surface area contributed by atoms with Gasteiger partial charge in [-0.2, -0.15) is 18.3 Å². The Morgan fingerprint density at radius 2 is 1.82 bits per heavy atom. The summed E-state index contributed by atoms with van der Waals surface area (Å²) in [5.74, 6) is 1.05. The van der Waals surface area contributed by atoms with Crippen LogP contribution in [0.3, 0.4) is 0 Å². The van der Waals surface area contributed by atoms with Crippen LogP contribution >= 0.6 is 0 Å². The number of alkyl halides is 3. The second kappa shape index (κ2) is 8.16. The van der Waals surface area contributed by atoms with E-state index < -0.39 is 11.7 Å². The number of nitrogens with one attached hydrogen (secondary N) is 1. The van der Waals surface area contributed by atoms with Crippen molar-refractivity contribution in [2.75, 3.05) is 7.11 Å². The Bertz CT molecular complexity index is 1500. The van der Waals surface area contributed by atoms with Crippen LogP contribution < -0.4 is 4.74 Å². The Morgan fingerprint density at radius 3 is 2.50 bits per heavy atom. The minimum absolute atomic E-state index is 0.346. The smallest absolute Gasteiger partial charge is 0.416 e. The van der Waals surface area contributed by atoms with Crippen molar-refractivity contribution in [3.05, 3.63) is 59.9 Å². The molecule has 0 bridgehead atoms. The van der Waals surface area contributed by atoms with Crippen molar-refractivity contribution in [2.24, 2.45) is 7.05 Å². The fourth-order valence-electron chi connectivity index (χ4n) is 4.19. The summed E-state index contributed by atoms with van der Waals surface area (Å²) in [5.41, 5.74) is 4.47. The first kappa shape index (κ1) is 21.9. The number of halogens is 3. The predicted molar refractivity (Wildman–Crippen MR) is 125 cm³/mol. The molecule has 1 N–H and O–H groups in total. The summed E-state index contributed by atoms with van der Waals surface area (Å²) in [4.78, 5) is 12.8. The van der Waals surface area contributed by atoms with E-state index in [0.717, 1.165) is 52.7 Å². The third-order valence-corrected chi connectivity index (χ3v) is 5.85. The highest BCUT2D eigenvalue weighted by atomic mass is 19.4. The number of hydrogen-bond donors (Lipinski definition) is 1. The molecule has 0 saturated heterocycles. The van der Waals surface area contributed by atoms with Gasteiger partial charge < -0.3 is 9.72 Å². The molecule has 6 nitrogen and oxygen atoms in total. The van der Waals surface area contributed by atoms with Gasteiger partial charge in [-0.1, -0.05) is 25.5 Å². The van der Waals surface area contributed by atoms with Gasteiger partial charge >= 0.3 is 6.18 Å². The van der Waals surface area contributed by atoms with Crippen molar-refractivity contribution >= 4 is 21.9 Å². The number of aromatic nitrogens is 5. The van der Waals surface area contributed by atoms with Gasteiger partial charge in [0.05, 0.1) is 18.4 Å². The molecule has 0 aliphatic heterocycles. The first-order valence-corrected chi connectivity index (χ1v) is 10.9. The van der Waals surface area contributed by atoms with Crippen molar-refractivity contribution in [3.63, 3.8) is 0 Å². The highest BCUT2D eigenvalue weighted by Crippen LogP contribution is 2.37. The molecule has 5 aromatic rings. The second-order valence-corrected chi connectivity index (χ2v) is 8.10. The lowest BCUT2D eigenvalue weighted by Crippen LogP contribution is -2.04. The number of fused-ring (bicyclic) bond motifs is 2. The first-order valence-electron chi connectivity index (χ1n) is 10.9. The van der Waals surface area contributed by atoms with Crippen LogP contribution in [0.15, 0.2) is 48.7 Å². The number of ether oxygens (including phenoxy) is 1. The van der Waals surface area contributed by atoms with Gasteiger partial charge in [-0.25, -0.2) is 9.97 Å². The van der Waals surface area contributed by atoms with E-state index in [2.05, 4.69) is 17.0 Å². The second-order valence-electron chi connectivity index (χ2n) is 8.10. The van der Waals surface area contributed by atoms with Crippen LogP contribution in [0.2, 0.25) is 0 Å². The SMILES string of the molecule is CCCc1nn(C)c2c(-c3c[nH]c4ccc(OC)cc34)nc(-c3ccc(C(F)(F)F)cc3)nc12. The average Bonchev–Trinajstić information content (AvgIpc) is 3.39. The van der Waals surface area contributed by atoms with Crippen molar-refractivity contribution in [1.82, 2.24) is 24.7 Å². The molecule has 3 heterocycles. The predicted octanol–water partition coefficient (Wildman–Crippen LogP) is 6.16. The number of hydrogen-bond acceptors (Lipinski definition) is 4. The largest absolute Gasteiger partial charge is 0.497 e. The quantitative estimate of drug-likeness (QED) is 0.338. The molecule has 5 rings (SSSR count). The summed E-state index contributed by atoms with van der Waals surface area (Å²) in [6.45, 7) is 2.06. The molecule has 34 heavy (non-hydrogen) atoms. The van der Waals surface area contributed by atoms with E-state index in [-0.39, 0.29) is 0 Å². The van der Waals surface area contributed by atoms with Gasteiger partial charge in [0.15, 0.2) is 5.82 Å². The van der Waals surface area contributed by atoms with E-state index in [1.54, 1.807) is 11.8 Å². The normalized spacial score (nSPS) is 12.1. The Kier molecular flexibility index (Phi) is 5.27. The number of methoxy groups -OCH3 is 1. The zero-order valence-corrected chi connectivity index (χ0v) is 18.9. The molecule has 0 aliphatic rings. The van der Waals surface area contributed by atoms with Crippen molar-refractivity contribution in [1.29, 1.82) is 0 Å². The van der Waals surface area contributed by atoms with Crippen LogP contribution in [0.1, 0.15) is 24.6 Å². The lowest BCUT2D eigenvalue weighted by molar-refractivity contribution is -0.137. The topological polar surface area (TPSA) is 68.6 Å². The molecular formula is C25H22F3N5O. The van der Waals surface area contributed by atoms with Crippen LogP contribution in [0.5, 0.6) is 5.75 Å². The minimum Gasteiger partial charge on any atom is -0.497 e. The monoisotopic (exact) mass is 465 g/mol. The maximum atomic E-state index is 13.1. The molecule has 0 aliphatic carbocycles. The Labute approximate surface area is 193 Å². The van der Waals surface area contributed by atoms with E-state index in [4.69, 9.17) is 14.7 Å². The molecule has 0 unspecified atom stereocenters. The zero-order chi connectivity index (χ0) is 24.0. The summed E-state index contributed by atoms with van der Waals surface area (Å²) in [7, 11) is 3.46. The molecule has 0 fully saturated rings. The summed E-state index contributed by atoms with van der Waals surface area (Å²) in [5, 5.41) is 5.59. The van der Waals surface area contributed by atoms with Gasteiger partial charge in [-0.05, 0) is 36.8 Å². The summed E-state index contributed by atoms with van der Waals surface area (Å²) in [6, 6.07) is 10.6. The highest BCUT2D eigenvalue weighted by molar-refractivity contribution is 6.02. The van der Waals surface area contributed by atoms with Gasteiger partial charge in [-0.15, -0.1) is 0 Å². The van der Waals surface area contributed by atoms with E-state index in [0.29, 0.717) is 28.3 Å². The van der Waals surface area contributed by atoms with Crippen molar-refractivity contribution in [3.8, 4) is 28.4 Å². The van der Waals surface area contributed by atoms with Gasteiger partial charge in [0, 0.05) is 35.3 Å². The molecular weight excluding hydrogens is 443 g/mol. The summed E-state index contributed by atoms with van der Waals surface area (Å²) < 4.78 is 46.4. The van der Waals surface area contributed by atoms with E-state index in [9.17, 15) is 13.2 Å². The Hall–Kier alpha value is -3.88. The Morgan fingerprint density at radius 1 is 1.06 bits per heavy atom. The number of aryl methyl sites for hydroxylation is 2. The summed E-state index contributed by atoms with van der Waals surface area (Å²) in [6.07, 6.45) is -0.933. The minimum atomic E-state index is -4.41. The average molecular weight is 465 g/mol. The lowest BCUT2D eigenvalue weighted by atomic mass is 10.1. The van der Waals surface area contributed by atoms with Gasteiger partial charge in [0.1, 0.15) is 22.5 Å². The molecule has 2 aromatic carbocycles. The number of H-pyrrole nitrogens is 1. The maximum Gasteiger partial charge on any atom is 0.416 e. The van der Waals surface area contributed by atoms with E-state index >= 15 is 0 Å². The Balaban J connectivity index is 1.78. The van der Waals surface area contributed by atoms with Gasteiger partial charge in [0.2, 0.25) is 0 Å². The number of benzene rings is 2. The molecule has 0 atom stereocenters. The van der Waals surface area contributed by atoms with E-state index in [1.165, 1.54) is 12.1 Å².